The summed E-state index contributed by atoms with van der Waals surface area (Å²) in [4.78, 5) is 5.15. The van der Waals surface area contributed by atoms with Crippen molar-refractivity contribution in [3.05, 3.63) is 97.1 Å². The summed E-state index contributed by atoms with van der Waals surface area (Å²) in [6, 6.07) is 32.1. The van der Waals surface area contributed by atoms with E-state index in [1.807, 2.05) is 48.5 Å². The fourth-order valence-corrected chi connectivity index (χ4v) is 4.95. The van der Waals surface area contributed by atoms with E-state index in [9.17, 15) is 5.11 Å². The van der Waals surface area contributed by atoms with Crippen LogP contribution in [0.25, 0.3) is 49.7 Å². The van der Waals surface area contributed by atoms with Crippen molar-refractivity contribution < 1.29 is 19.3 Å². The molecule has 0 fully saturated rings. The van der Waals surface area contributed by atoms with Crippen LogP contribution in [0.3, 0.4) is 0 Å². The van der Waals surface area contributed by atoms with E-state index in [-0.39, 0.29) is 5.75 Å². The third kappa shape index (κ3) is 4.34. The van der Waals surface area contributed by atoms with Crippen LogP contribution in [0.4, 0.5) is 0 Å². The zero-order valence-electron chi connectivity index (χ0n) is 21.1. The molecular weight excluding hydrogens is 476 g/mol. The quantitative estimate of drug-likeness (QED) is 0.174. The maximum atomic E-state index is 10.8. The van der Waals surface area contributed by atoms with Crippen LogP contribution in [0, 0.1) is 0 Å². The number of nitrogens with zero attached hydrogens (tertiary/aromatic N) is 2. The first-order valence-corrected chi connectivity index (χ1v) is 12.7. The molecule has 6 aromatic rings. The largest absolute Gasteiger partial charge is 0.507 e. The zero-order valence-corrected chi connectivity index (χ0v) is 21.1. The lowest BCUT2D eigenvalue weighted by Crippen LogP contribution is -2.10. The highest BCUT2D eigenvalue weighted by Gasteiger charge is 2.21. The van der Waals surface area contributed by atoms with Gasteiger partial charge >= 0.3 is 0 Å². The number of aromatic nitrogens is 2. The number of ether oxygens (including phenoxy) is 3. The monoisotopic (exact) mass is 504 g/mol. The molecule has 1 heterocycles. The minimum Gasteiger partial charge on any atom is -0.507 e. The van der Waals surface area contributed by atoms with Crippen molar-refractivity contribution in [3.8, 4) is 28.6 Å². The molecule has 6 nitrogen and oxygen atoms in total. The predicted molar refractivity (Wildman–Crippen MR) is 151 cm³/mol. The van der Waals surface area contributed by atoms with Crippen molar-refractivity contribution in [2.45, 2.75) is 0 Å². The van der Waals surface area contributed by atoms with Gasteiger partial charge in [-0.15, -0.1) is 0 Å². The van der Waals surface area contributed by atoms with Gasteiger partial charge < -0.3 is 19.3 Å². The highest BCUT2D eigenvalue weighted by molar-refractivity contribution is 6.24. The van der Waals surface area contributed by atoms with Gasteiger partial charge in [0.25, 0.3) is 0 Å². The molecule has 0 radical (unpaired) electrons. The molecular formula is C32H28N2O4. The number of imidazole rings is 1. The smallest absolute Gasteiger partial charge is 0.149 e. The van der Waals surface area contributed by atoms with Gasteiger partial charge in [0.1, 0.15) is 23.9 Å². The SMILES string of the molecule is COCCOCCOc1ccc(-n2c(-c3ccccc3O)nc3c4ccccc4c4ccccc4c32)cc1. The minimum atomic E-state index is 0.186. The number of phenolic OH excluding ortho intramolecular Hbond substituents is 1. The molecule has 0 atom stereocenters. The summed E-state index contributed by atoms with van der Waals surface area (Å²) < 4.78 is 18.5. The summed E-state index contributed by atoms with van der Waals surface area (Å²) in [6.45, 7) is 2.06. The van der Waals surface area contributed by atoms with Gasteiger partial charge in [-0.25, -0.2) is 4.98 Å². The minimum absolute atomic E-state index is 0.186. The Kier molecular flexibility index (Phi) is 6.65. The Morgan fingerprint density at radius 3 is 2.05 bits per heavy atom. The van der Waals surface area contributed by atoms with Crippen molar-refractivity contribution in [1.82, 2.24) is 9.55 Å². The van der Waals surface area contributed by atoms with Crippen molar-refractivity contribution in [1.29, 1.82) is 0 Å². The van der Waals surface area contributed by atoms with Gasteiger partial charge in [0.2, 0.25) is 0 Å². The molecule has 0 aliphatic rings. The molecule has 0 amide bonds. The van der Waals surface area contributed by atoms with Crippen LogP contribution in [0.5, 0.6) is 11.5 Å². The predicted octanol–water partition coefficient (Wildman–Crippen LogP) is 6.75. The van der Waals surface area contributed by atoms with Gasteiger partial charge in [-0.1, -0.05) is 60.7 Å². The van der Waals surface area contributed by atoms with Crippen LogP contribution >= 0.6 is 0 Å². The third-order valence-corrected chi connectivity index (χ3v) is 6.70. The van der Waals surface area contributed by atoms with Gasteiger partial charge in [0, 0.05) is 23.6 Å². The molecule has 0 bridgehead atoms. The molecule has 5 aromatic carbocycles. The van der Waals surface area contributed by atoms with Gasteiger partial charge in [-0.2, -0.15) is 0 Å². The maximum absolute atomic E-state index is 10.8. The van der Waals surface area contributed by atoms with E-state index in [0.29, 0.717) is 37.8 Å². The highest BCUT2D eigenvalue weighted by Crippen LogP contribution is 2.40. The maximum Gasteiger partial charge on any atom is 0.149 e. The van der Waals surface area contributed by atoms with E-state index in [1.165, 1.54) is 0 Å². The standard InChI is InChI=1S/C32H28N2O4/c1-36-18-19-37-20-21-38-23-16-14-22(15-17-23)34-31-27-11-5-3-9-25(27)24-8-2-4-10-26(24)30(31)33-32(34)28-12-6-7-13-29(28)35/h2-17,35H,18-21H2,1H3. The lowest BCUT2D eigenvalue weighted by molar-refractivity contribution is 0.0544. The summed E-state index contributed by atoms with van der Waals surface area (Å²) in [6.07, 6.45) is 0. The number of para-hydroxylation sites is 1. The summed E-state index contributed by atoms with van der Waals surface area (Å²) in [5.74, 6) is 1.62. The van der Waals surface area contributed by atoms with Crippen LogP contribution in [0.15, 0.2) is 97.1 Å². The zero-order chi connectivity index (χ0) is 25.9. The van der Waals surface area contributed by atoms with E-state index in [0.717, 1.165) is 44.0 Å². The molecule has 0 aliphatic heterocycles. The Morgan fingerprint density at radius 1 is 0.684 bits per heavy atom. The Labute approximate surface area is 220 Å². The number of hydrogen-bond acceptors (Lipinski definition) is 5. The number of benzene rings is 5. The lowest BCUT2D eigenvalue weighted by atomic mass is 10.00. The number of hydrogen-bond donors (Lipinski definition) is 1. The summed E-state index contributed by atoms with van der Waals surface area (Å²) in [7, 11) is 1.65. The molecule has 0 aliphatic carbocycles. The molecule has 0 unspecified atom stereocenters. The fourth-order valence-electron chi connectivity index (χ4n) is 4.95. The van der Waals surface area contributed by atoms with Crippen LogP contribution < -0.4 is 4.74 Å². The highest BCUT2D eigenvalue weighted by atomic mass is 16.5. The molecule has 6 heteroatoms. The normalized spacial score (nSPS) is 11.5. The van der Waals surface area contributed by atoms with Crippen molar-refractivity contribution in [3.63, 3.8) is 0 Å². The van der Waals surface area contributed by atoms with Gasteiger partial charge in [0.15, 0.2) is 0 Å². The average molecular weight is 505 g/mol. The van der Waals surface area contributed by atoms with Gasteiger partial charge in [0.05, 0.1) is 36.4 Å². The number of methoxy groups -OCH3 is 1. The lowest BCUT2D eigenvalue weighted by Gasteiger charge is -2.14. The molecule has 0 saturated heterocycles. The average Bonchev–Trinajstić information content (AvgIpc) is 3.36. The van der Waals surface area contributed by atoms with Crippen LogP contribution in [-0.2, 0) is 9.47 Å². The van der Waals surface area contributed by atoms with Crippen molar-refractivity contribution in [2.75, 3.05) is 33.5 Å². The second-order valence-corrected chi connectivity index (χ2v) is 9.02. The van der Waals surface area contributed by atoms with Crippen LogP contribution in [0.2, 0.25) is 0 Å². The van der Waals surface area contributed by atoms with E-state index in [2.05, 4.69) is 47.0 Å². The Balaban J connectivity index is 1.51. The number of fused-ring (bicyclic) bond motifs is 6. The van der Waals surface area contributed by atoms with Crippen molar-refractivity contribution >= 4 is 32.6 Å². The molecule has 1 N–H and O–H groups in total. The molecule has 0 saturated carbocycles. The van der Waals surface area contributed by atoms with E-state index in [4.69, 9.17) is 19.2 Å². The topological polar surface area (TPSA) is 65.7 Å². The van der Waals surface area contributed by atoms with E-state index >= 15 is 0 Å². The first-order valence-electron chi connectivity index (χ1n) is 12.7. The summed E-state index contributed by atoms with van der Waals surface area (Å²) >= 11 is 0. The number of rotatable bonds is 9. The van der Waals surface area contributed by atoms with E-state index < -0.39 is 0 Å². The number of aromatic hydroxyl groups is 1. The Hall–Kier alpha value is -4.39. The second-order valence-electron chi connectivity index (χ2n) is 9.02. The number of phenols is 1. The Bertz CT molecular complexity index is 1720. The van der Waals surface area contributed by atoms with Gasteiger partial charge in [-0.3, -0.25) is 4.57 Å². The first kappa shape index (κ1) is 24.0. The van der Waals surface area contributed by atoms with Crippen molar-refractivity contribution in [2.24, 2.45) is 0 Å². The molecule has 6 rings (SSSR count). The molecule has 38 heavy (non-hydrogen) atoms. The fraction of sp³-hybridized carbons (Fsp3) is 0.156. The Morgan fingerprint density at radius 2 is 1.32 bits per heavy atom. The first-order chi connectivity index (χ1) is 18.8. The third-order valence-electron chi connectivity index (χ3n) is 6.70. The van der Waals surface area contributed by atoms with Crippen LogP contribution in [-0.4, -0.2) is 48.2 Å². The molecule has 190 valence electrons. The van der Waals surface area contributed by atoms with Crippen LogP contribution in [0.1, 0.15) is 0 Å². The molecule has 1 aromatic heterocycles. The second kappa shape index (κ2) is 10.5. The summed E-state index contributed by atoms with van der Waals surface area (Å²) in [5, 5.41) is 15.3. The summed E-state index contributed by atoms with van der Waals surface area (Å²) in [5.41, 5.74) is 3.49. The molecule has 0 spiro atoms. The van der Waals surface area contributed by atoms with E-state index in [1.54, 1.807) is 13.2 Å². The van der Waals surface area contributed by atoms with Gasteiger partial charge in [-0.05, 0) is 47.2 Å².